The van der Waals surface area contributed by atoms with Gasteiger partial charge in [0.15, 0.2) is 11.5 Å². The summed E-state index contributed by atoms with van der Waals surface area (Å²) in [6.45, 7) is 4.36. The van der Waals surface area contributed by atoms with Crippen LogP contribution in [-0.2, 0) is 20.7 Å². The Labute approximate surface area is 192 Å². The number of fused-ring (bicyclic) bond motifs is 2. The summed E-state index contributed by atoms with van der Waals surface area (Å²) in [5, 5.41) is 5.46. The first-order valence-electron chi connectivity index (χ1n) is 11.2. The van der Waals surface area contributed by atoms with Crippen LogP contribution >= 0.6 is 0 Å². The predicted molar refractivity (Wildman–Crippen MR) is 123 cm³/mol. The summed E-state index contributed by atoms with van der Waals surface area (Å²) in [7, 11) is 2.10. The van der Waals surface area contributed by atoms with Gasteiger partial charge in [-0.15, -0.1) is 0 Å². The summed E-state index contributed by atoms with van der Waals surface area (Å²) in [5.74, 6) is -0.230. The molecule has 1 unspecified atom stereocenters. The van der Waals surface area contributed by atoms with Crippen molar-refractivity contribution in [1.82, 2.24) is 10.2 Å². The fourth-order valence-electron chi connectivity index (χ4n) is 4.57. The van der Waals surface area contributed by atoms with Crippen molar-refractivity contribution < 1.29 is 23.8 Å². The van der Waals surface area contributed by atoms with Crippen molar-refractivity contribution in [2.75, 3.05) is 63.5 Å². The molecule has 33 heavy (non-hydrogen) atoms. The summed E-state index contributed by atoms with van der Waals surface area (Å²) in [4.78, 5) is 29.7. The first-order chi connectivity index (χ1) is 16.1. The van der Waals surface area contributed by atoms with Crippen molar-refractivity contribution >= 4 is 23.2 Å². The van der Waals surface area contributed by atoms with Crippen LogP contribution in [0, 0.1) is 0 Å². The van der Waals surface area contributed by atoms with Crippen molar-refractivity contribution in [3.63, 3.8) is 0 Å². The lowest BCUT2D eigenvalue weighted by Gasteiger charge is -2.35. The Balaban J connectivity index is 1.26. The summed E-state index contributed by atoms with van der Waals surface area (Å²) in [6, 6.07) is 11.5. The molecule has 1 fully saturated rings. The van der Waals surface area contributed by atoms with Crippen LogP contribution in [0.2, 0.25) is 0 Å². The largest absolute Gasteiger partial charge is 0.454 e. The molecule has 1 atom stereocenters. The normalized spacial score (nSPS) is 18.0. The van der Waals surface area contributed by atoms with Gasteiger partial charge < -0.3 is 29.7 Å². The first-order valence-corrected chi connectivity index (χ1v) is 11.2. The minimum atomic E-state index is -0.717. The fourth-order valence-corrected chi connectivity index (χ4v) is 4.57. The Morgan fingerprint density at radius 2 is 1.82 bits per heavy atom. The van der Waals surface area contributed by atoms with Gasteiger partial charge in [0.2, 0.25) is 6.79 Å². The number of benzene rings is 2. The highest BCUT2D eigenvalue weighted by Crippen LogP contribution is 2.34. The number of hydrogen-bond acceptors (Lipinski definition) is 7. The molecule has 5 rings (SSSR count). The second-order valence-electron chi connectivity index (χ2n) is 8.46. The van der Waals surface area contributed by atoms with Crippen molar-refractivity contribution in [3.05, 3.63) is 47.5 Å². The number of rotatable bonds is 5. The van der Waals surface area contributed by atoms with Crippen LogP contribution in [-0.4, -0.2) is 69.9 Å². The maximum absolute atomic E-state index is 12.6. The Morgan fingerprint density at radius 3 is 2.67 bits per heavy atom. The van der Waals surface area contributed by atoms with Crippen molar-refractivity contribution in [2.45, 2.75) is 12.5 Å². The van der Waals surface area contributed by atoms with Crippen LogP contribution < -0.4 is 25.0 Å². The van der Waals surface area contributed by atoms with Crippen LogP contribution in [0.15, 0.2) is 36.4 Å². The number of morpholine rings is 1. The van der Waals surface area contributed by atoms with Gasteiger partial charge >= 0.3 is 11.8 Å². The smallest absolute Gasteiger partial charge is 0.313 e. The van der Waals surface area contributed by atoms with Gasteiger partial charge in [0.1, 0.15) is 0 Å². The molecule has 2 amide bonds. The molecule has 3 aliphatic rings. The van der Waals surface area contributed by atoms with Crippen LogP contribution in [0.5, 0.6) is 11.5 Å². The highest BCUT2D eigenvalue weighted by molar-refractivity contribution is 6.39. The number of ether oxygens (including phenoxy) is 3. The van der Waals surface area contributed by atoms with E-state index in [0.29, 0.717) is 36.9 Å². The summed E-state index contributed by atoms with van der Waals surface area (Å²) >= 11 is 0. The number of nitrogens with zero attached hydrogens (tertiary/aromatic N) is 2. The maximum Gasteiger partial charge on any atom is 0.313 e. The minimum Gasteiger partial charge on any atom is -0.454 e. The maximum atomic E-state index is 12.6. The number of anilines is 2. The molecule has 2 aromatic carbocycles. The van der Waals surface area contributed by atoms with E-state index in [0.717, 1.165) is 31.6 Å². The lowest BCUT2D eigenvalue weighted by molar-refractivity contribution is -0.136. The quantitative estimate of drug-likeness (QED) is 0.665. The molecule has 0 spiro atoms. The molecular formula is C24H28N4O5. The van der Waals surface area contributed by atoms with E-state index in [1.165, 1.54) is 11.3 Å². The highest BCUT2D eigenvalue weighted by atomic mass is 16.7. The summed E-state index contributed by atoms with van der Waals surface area (Å²) in [5.41, 5.74) is 4.20. The number of carbonyl (C=O) groups excluding carboxylic acids is 2. The van der Waals surface area contributed by atoms with Gasteiger partial charge in [-0.2, -0.15) is 0 Å². The molecular weight excluding hydrogens is 424 g/mol. The molecule has 0 radical (unpaired) electrons. The molecule has 1 saturated heterocycles. The molecule has 3 aliphatic heterocycles. The Hall–Kier alpha value is -3.30. The van der Waals surface area contributed by atoms with E-state index in [2.05, 4.69) is 45.7 Å². The highest BCUT2D eigenvalue weighted by Gasteiger charge is 2.26. The fraction of sp³-hybridized carbons (Fsp3) is 0.417. The Bertz CT molecular complexity index is 1050. The van der Waals surface area contributed by atoms with Crippen molar-refractivity contribution in [3.8, 4) is 11.5 Å². The molecule has 0 bridgehead atoms. The summed E-state index contributed by atoms with van der Waals surface area (Å²) in [6.07, 6.45) is 1.01. The number of nitrogens with one attached hydrogen (secondary N) is 2. The topological polar surface area (TPSA) is 92.4 Å². The zero-order chi connectivity index (χ0) is 22.8. The molecule has 174 valence electrons. The van der Waals surface area contributed by atoms with E-state index in [4.69, 9.17) is 14.2 Å². The molecule has 0 aliphatic carbocycles. The molecule has 2 N–H and O–H groups in total. The van der Waals surface area contributed by atoms with Gasteiger partial charge in [0.25, 0.3) is 0 Å². The average Bonchev–Trinajstić information content (AvgIpc) is 3.45. The van der Waals surface area contributed by atoms with Crippen molar-refractivity contribution in [1.29, 1.82) is 0 Å². The van der Waals surface area contributed by atoms with Crippen LogP contribution in [0.1, 0.15) is 17.2 Å². The second-order valence-corrected chi connectivity index (χ2v) is 8.46. The Kier molecular flexibility index (Phi) is 6.06. The molecule has 0 aromatic heterocycles. The molecule has 2 aromatic rings. The van der Waals surface area contributed by atoms with Crippen LogP contribution in [0.4, 0.5) is 11.4 Å². The van der Waals surface area contributed by atoms with E-state index in [9.17, 15) is 9.59 Å². The van der Waals surface area contributed by atoms with Crippen molar-refractivity contribution in [2.24, 2.45) is 0 Å². The first kappa shape index (κ1) is 21.5. The van der Waals surface area contributed by atoms with Crippen LogP contribution in [0.25, 0.3) is 0 Å². The molecule has 0 saturated carbocycles. The van der Waals surface area contributed by atoms with Gasteiger partial charge in [-0.3, -0.25) is 14.5 Å². The van der Waals surface area contributed by atoms with Crippen LogP contribution in [0.3, 0.4) is 0 Å². The Morgan fingerprint density at radius 1 is 1.00 bits per heavy atom. The SMILES string of the molecule is CN1CCc2cc(C(CNC(=O)C(=O)Nc3ccc4c(c3)OCO4)N3CCOCC3)ccc21. The molecule has 3 heterocycles. The lowest BCUT2D eigenvalue weighted by atomic mass is 10.0. The van der Waals surface area contributed by atoms with E-state index in [1.54, 1.807) is 18.2 Å². The zero-order valence-corrected chi connectivity index (χ0v) is 18.6. The van der Waals surface area contributed by atoms with Gasteiger partial charge in [-0.25, -0.2) is 0 Å². The monoisotopic (exact) mass is 452 g/mol. The third-order valence-corrected chi connectivity index (χ3v) is 6.40. The zero-order valence-electron chi connectivity index (χ0n) is 18.6. The number of amides is 2. The van der Waals surface area contributed by atoms with E-state index in [-0.39, 0.29) is 12.8 Å². The van der Waals surface area contributed by atoms with E-state index in [1.807, 2.05) is 0 Å². The minimum absolute atomic E-state index is 0.0348. The standard InChI is InChI=1S/C24H28N4O5/c1-27-7-6-17-12-16(2-4-19(17)27)20(28-8-10-31-11-9-28)14-25-23(29)24(30)26-18-3-5-21-22(13-18)33-15-32-21/h2-5,12-13,20H,6-11,14-15H2,1H3,(H,25,29)(H,26,30). The third kappa shape index (κ3) is 4.60. The van der Waals surface area contributed by atoms with Gasteiger partial charge in [-0.05, 0) is 35.7 Å². The molecule has 9 heteroatoms. The third-order valence-electron chi connectivity index (χ3n) is 6.40. The number of hydrogen-bond donors (Lipinski definition) is 2. The second kappa shape index (κ2) is 9.29. The average molecular weight is 453 g/mol. The lowest BCUT2D eigenvalue weighted by Crippen LogP contribution is -2.45. The van der Waals surface area contributed by atoms with E-state index >= 15 is 0 Å². The van der Waals surface area contributed by atoms with Gasteiger partial charge in [-0.1, -0.05) is 12.1 Å². The number of carbonyl (C=O) groups is 2. The summed E-state index contributed by atoms with van der Waals surface area (Å²) < 4.78 is 16.1. The van der Waals surface area contributed by atoms with Gasteiger partial charge in [0, 0.05) is 50.7 Å². The number of likely N-dealkylation sites (N-methyl/N-ethyl adjacent to an activating group) is 1. The predicted octanol–water partition coefficient (Wildman–Crippen LogP) is 1.54. The van der Waals surface area contributed by atoms with E-state index < -0.39 is 11.8 Å². The molecule has 9 nitrogen and oxygen atoms in total. The van der Waals surface area contributed by atoms with Gasteiger partial charge in [0.05, 0.1) is 19.3 Å².